The predicted molar refractivity (Wildman–Crippen MR) is 85.4 cm³/mol. The number of hydrogen-bond donors (Lipinski definition) is 2. The van der Waals surface area contributed by atoms with Crippen molar-refractivity contribution in [3.05, 3.63) is 33.6 Å². The van der Waals surface area contributed by atoms with Crippen LogP contribution in [-0.2, 0) is 0 Å². The Labute approximate surface area is 135 Å². The van der Waals surface area contributed by atoms with Crippen molar-refractivity contribution in [2.45, 2.75) is 51.2 Å². The van der Waals surface area contributed by atoms with Crippen molar-refractivity contribution in [1.82, 2.24) is 5.32 Å². The van der Waals surface area contributed by atoms with Crippen LogP contribution in [0.5, 0.6) is 0 Å². The molecule has 21 heavy (non-hydrogen) atoms. The first-order chi connectivity index (χ1) is 9.81. The third-order valence-electron chi connectivity index (χ3n) is 4.45. The minimum Gasteiger partial charge on any atom is -0.389 e. The highest BCUT2D eigenvalue weighted by atomic mass is 35.5. The van der Waals surface area contributed by atoms with Crippen LogP contribution < -0.4 is 5.32 Å². The Hall–Kier alpha value is -0.350. The largest absolute Gasteiger partial charge is 0.389 e. The monoisotopic (exact) mass is 333 g/mol. The molecule has 1 aromatic carbocycles. The summed E-state index contributed by atoms with van der Waals surface area (Å²) in [5.74, 6) is 0.206. The molecule has 2 N–H and O–H groups in total. The molecule has 0 radical (unpaired) electrons. The van der Waals surface area contributed by atoms with E-state index in [4.69, 9.17) is 23.2 Å². The molecule has 1 atom stereocenters. The second-order valence-electron chi connectivity index (χ2n) is 6.30. The Morgan fingerprint density at radius 1 is 1.33 bits per heavy atom. The van der Waals surface area contributed by atoms with Gasteiger partial charge in [0.1, 0.15) is 5.82 Å². The maximum Gasteiger partial charge on any atom is 0.142 e. The summed E-state index contributed by atoms with van der Waals surface area (Å²) in [6.07, 6.45) is 3.69. The summed E-state index contributed by atoms with van der Waals surface area (Å²) in [6.45, 7) is 4.61. The molecule has 0 saturated heterocycles. The van der Waals surface area contributed by atoms with Crippen LogP contribution in [0.3, 0.4) is 0 Å². The van der Waals surface area contributed by atoms with Gasteiger partial charge in [-0.25, -0.2) is 4.39 Å². The first-order valence-electron chi connectivity index (χ1n) is 7.41. The van der Waals surface area contributed by atoms with Crippen LogP contribution >= 0.6 is 23.2 Å². The van der Waals surface area contributed by atoms with Crippen LogP contribution in [0.1, 0.15) is 51.1 Å². The van der Waals surface area contributed by atoms with Gasteiger partial charge >= 0.3 is 0 Å². The van der Waals surface area contributed by atoms with Crippen molar-refractivity contribution in [3.8, 4) is 0 Å². The van der Waals surface area contributed by atoms with Gasteiger partial charge in [0.15, 0.2) is 0 Å². The van der Waals surface area contributed by atoms with E-state index in [0.29, 0.717) is 23.0 Å². The number of rotatable bonds is 4. The fourth-order valence-electron chi connectivity index (χ4n) is 2.80. The lowest BCUT2D eigenvalue weighted by atomic mass is 9.79. The van der Waals surface area contributed by atoms with E-state index in [-0.39, 0.29) is 11.1 Å². The average molecular weight is 334 g/mol. The molecule has 1 aliphatic rings. The van der Waals surface area contributed by atoms with Crippen LogP contribution in [0.4, 0.5) is 4.39 Å². The summed E-state index contributed by atoms with van der Waals surface area (Å²) in [5.41, 5.74) is -0.00978. The summed E-state index contributed by atoms with van der Waals surface area (Å²) >= 11 is 11.8. The molecule has 2 rings (SSSR count). The fraction of sp³-hybridized carbons (Fsp3) is 0.625. The molecular weight excluding hydrogens is 312 g/mol. The van der Waals surface area contributed by atoms with Crippen molar-refractivity contribution in [2.24, 2.45) is 5.92 Å². The second-order valence-corrected chi connectivity index (χ2v) is 7.11. The van der Waals surface area contributed by atoms with Gasteiger partial charge in [0, 0.05) is 17.6 Å². The topological polar surface area (TPSA) is 32.3 Å². The molecule has 0 spiro atoms. The summed E-state index contributed by atoms with van der Waals surface area (Å²) in [6, 6.07) is 2.63. The van der Waals surface area contributed by atoms with E-state index in [1.165, 1.54) is 12.1 Å². The highest BCUT2D eigenvalue weighted by Gasteiger charge is 2.32. The molecule has 0 amide bonds. The first-order valence-corrected chi connectivity index (χ1v) is 8.16. The van der Waals surface area contributed by atoms with Crippen LogP contribution in [0.25, 0.3) is 0 Å². The summed E-state index contributed by atoms with van der Waals surface area (Å²) in [5, 5.41) is 14.3. The lowest BCUT2D eigenvalue weighted by Gasteiger charge is -2.36. The summed E-state index contributed by atoms with van der Waals surface area (Å²) in [4.78, 5) is 0. The van der Waals surface area contributed by atoms with Crippen LogP contribution in [0, 0.1) is 11.7 Å². The fourth-order valence-corrected chi connectivity index (χ4v) is 3.35. The van der Waals surface area contributed by atoms with Crippen LogP contribution in [0.2, 0.25) is 10.0 Å². The van der Waals surface area contributed by atoms with E-state index in [1.807, 2.05) is 6.92 Å². The third kappa shape index (κ3) is 4.32. The minimum atomic E-state index is -0.668. The molecule has 1 fully saturated rings. The molecule has 0 aliphatic heterocycles. The highest BCUT2D eigenvalue weighted by Crippen LogP contribution is 2.33. The van der Waals surface area contributed by atoms with E-state index in [1.54, 1.807) is 0 Å². The molecule has 1 aromatic rings. The van der Waals surface area contributed by atoms with E-state index in [9.17, 15) is 9.50 Å². The number of hydrogen-bond acceptors (Lipinski definition) is 2. The molecule has 0 bridgehead atoms. The van der Waals surface area contributed by atoms with Gasteiger partial charge in [0.2, 0.25) is 0 Å². The SMILES string of the molecule is CC1CCC(O)(CNC(C)c2cc(F)c(Cl)cc2Cl)CC1. The summed E-state index contributed by atoms with van der Waals surface area (Å²) < 4.78 is 13.6. The number of halogens is 3. The van der Waals surface area contributed by atoms with Crippen molar-refractivity contribution < 1.29 is 9.50 Å². The second kappa shape index (κ2) is 6.82. The van der Waals surface area contributed by atoms with Crippen molar-refractivity contribution in [3.63, 3.8) is 0 Å². The van der Waals surface area contributed by atoms with Gasteiger partial charge in [-0.15, -0.1) is 0 Å². The van der Waals surface area contributed by atoms with Crippen molar-refractivity contribution in [2.75, 3.05) is 6.54 Å². The number of benzene rings is 1. The van der Waals surface area contributed by atoms with E-state index in [0.717, 1.165) is 25.7 Å². The van der Waals surface area contributed by atoms with Gasteiger partial charge in [0.25, 0.3) is 0 Å². The molecule has 0 heterocycles. The van der Waals surface area contributed by atoms with Gasteiger partial charge in [-0.1, -0.05) is 30.1 Å². The Kier molecular flexibility index (Phi) is 5.53. The van der Waals surface area contributed by atoms with Gasteiger partial charge in [-0.3, -0.25) is 0 Å². The molecule has 1 aliphatic carbocycles. The van der Waals surface area contributed by atoms with Crippen LogP contribution in [0.15, 0.2) is 12.1 Å². The normalized spacial score (nSPS) is 27.6. The Morgan fingerprint density at radius 2 is 1.95 bits per heavy atom. The molecule has 118 valence electrons. The molecule has 0 aromatic heterocycles. The van der Waals surface area contributed by atoms with Gasteiger partial charge in [-0.05, 0) is 56.2 Å². The first kappa shape index (κ1) is 17.0. The number of aliphatic hydroxyl groups is 1. The molecule has 1 saturated carbocycles. The average Bonchev–Trinajstić information content (AvgIpc) is 2.44. The quantitative estimate of drug-likeness (QED) is 0.781. The lowest BCUT2D eigenvalue weighted by molar-refractivity contribution is -0.00784. The van der Waals surface area contributed by atoms with Gasteiger partial charge in [-0.2, -0.15) is 0 Å². The third-order valence-corrected chi connectivity index (χ3v) is 5.07. The molecule has 1 unspecified atom stereocenters. The van der Waals surface area contributed by atoms with Crippen LogP contribution in [-0.4, -0.2) is 17.3 Å². The smallest absolute Gasteiger partial charge is 0.142 e. The van der Waals surface area contributed by atoms with Gasteiger partial charge in [0.05, 0.1) is 10.6 Å². The molecule has 5 heteroatoms. The maximum atomic E-state index is 13.6. The predicted octanol–water partition coefficient (Wildman–Crippen LogP) is 4.72. The minimum absolute atomic E-state index is 0.0239. The standard InChI is InChI=1S/C16H22Cl2FNO/c1-10-3-5-16(21,6-4-10)9-20-11(2)12-7-15(19)14(18)8-13(12)17/h7-8,10-11,20-21H,3-6,9H2,1-2H3. The number of nitrogens with one attached hydrogen (secondary N) is 1. The molecule has 2 nitrogen and oxygen atoms in total. The van der Waals surface area contributed by atoms with E-state index < -0.39 is 11.4 Å². The zero-order chi connectivity index (χ0) is 15.6. The highest BCUT2D eigenvalue weighted by molar-refractivity contribution is 6.35. The van der Waals surface area contributed by atoms with Crippen molar-refractivity contribution in [1.29, 1.82) is 0 Å². The Bertz CT molecular complexity index is 501. The van der Waals surface area contributed by atoms with E-state index >= 15 is 0 Å². The molecular formula is C16H22Cl2FNO. The Morgan fingerprint density at radius 3 is 2.57 bits per heavy atom. The van der Waals surface area contributed by atoms with E-state index in [2.05, 4.69) is 12.2 Å². The van der Waals surface area contributed by atoms with Gasteiger partial charge < -0.3 is 10.4 Å². The summed E-state index contributed by atoms with van der Waals surface area (Å²) in [7, 11) is 0. The Balaban J connectivity index is 1.99. The zero-order valence-electron chi connectivity index (χ0n) is 12.4. The maximum absolute atomic E-state index is 13.6. The lowest BCUT2D eigenvalue weighted by Crippen LogP contribution is -2.44. The van der Waals surface area contributed by atoms with Crippen molar-refractivity contribution >= 4 is 23.2 Å². The zero-order valence-corrected chi connectivity index (χ0v) is 13.9.